The minimum atomic E-state index is -1.23. The van der Waals surface area contributed by atoms with E-state index in [4.69, 9.17) is 4.74 Å². The summed E-state index contributed by atoms with van der Waals surface area (Å²) in [6.45, 7) is 0.0895. The van der Waals surface area contributed by atoms with Crippen LogP contribution in [0.5, 0.6) is 0 Å². The Morgan fingerprint density at radius 2 is 1.57 bits per heavy atom. The predicted molar refractivity (Wildman–Crippen MR) is 156 cm³/mol. The molecule has 2 unspecified atom stereocenters. The molecular formula is C32H34N4O6. The highest BCUT2D eigenvalue weighted by atomic mass is 16.5. The van der Waals surface area contributed by atoms with Gasteiger partial charge in [-0.3, -0.25) is 14.5 Å². The van der Waals surface area contributed by atoms with Crippen LogP contribution in [-0.4, -0.2) is 96.1 Å². The van der Waals surface area contributed by atoms with E-state index in [0.717, 1.165) is 32.7 Å². The Labute approximate surface area is 244 Å². The zero-order valence-corrected chi connectivity index (χ0v) is 23.6. The molecule has 0 aromatic heterocycles. The average molecular weight is 571 g/mol. The topological polar surface area (TPSA) is 119 Å². The van der Waals surface area contributed by atoms with E-state index in [0.29, 0.717) is 6.54 Å². The van der Waals surface area contributed by atoms with Crippen molar-refractivity contribution in [2.75, 3.05) is 40.3 Å². The van der Waals surface area contributed by atoms with Gasteiger partial charge in [-0.25, -0.2) is 9.59 Å². The highest BCUT2D eigenvalue weighted by Crippen LogP contribution is 2.44. The number of nitrogens with one attached hydrogen (secondary N) is 1. The first-order valence-corrected chi connectivity index (χ1v) is 13.8. The number of hydrogen-bond acceptors (Lipinski definition) is 6. The Kier molecular flexibility index (Phi) is 8.53. The molecule has 3 amide bonds. The summed E-state index contributed by atoms with van der Waals surface area (Å²) in [7, 11) is 3.30. The van der Waals surface area contributed by atoms with Crippen LogP contribution in [0.15, 0.2) is 78.9 Å². The molecule has 0 saturated carbocycles. The summed E-state index contributed by atoms with van der Waals surface area (Å²) < 4.78 is 5.69. The molecule has 0 bridgehead atoms. The van der Waals surface area contributed by atoms with Crippen LogP contribution in [0.4, 0.5) is 4.79 Å². The third-order valence-corrected chi connectivity index (χ3v) is 7.85. The number of carboxylic acids is 1. The van der Waals surface area contributed by atoms with Gasteiger partial charge in [0.15, 0.2) is 0 Å². The lowest BCUT2D eigenvalue weighted by Gasteiger charge is -2.39. The van der Waals surface area contributed by atoms with Crippen LogP contribution in [0.25, 0.3) is 11.1 Å². The van der Waals surface area contributed by atoms with Gasteiger partial charge in [0.1, 0.15) is 25.2 Å². The molecule has 5 rings (SSSR count). The highest BCUT2D eigenvalue weighted by Gasteiger charge is 2.41. The molecule has 10 heteroatoms. The van der Waals surface area contributed by atoms with Crippen LogP contribution in [-0.2, 0) is 25.7 Å². The SMILES string of the molecule is CN(Cc1ccccc1)CC(NC(=O)OCC1c2ccccc2-c2ccccc21)C(=O)N1CC(=O)N(C)CC1C(=O)O. The molecule has 1 heterocycles. The number of rotatable bonds is 9. The van der Waals surface area contributed by atoms with Gasteiger partial charge in [0.2, 0.25) is 11.8 Å². The number of hydrogen-bond donors (Lipinski definition) is 2. The van der Waals surface area contributed by atoms with E-state index in [1.807, 2.05) is 83.8 Å². The lowest BCUT2D eigenvalue weighted by atomic mass is 9.98. The van der Waals surface area contributed by atoms with Gasteiger partial charge in [-0.1, -0.05) is 78.9 Å². The van der Waals surface area contributed by atoms with Crippen molar-refractivity contribution in [3.05, 3.63) is 95.6 Å². The van der Waals surface area contributed by atoms with Crippen molar-refractivity contribution in [1.82, 2.24) is 20.0 Å². The number of benzene rings is 3. The molecule has 2 aliphatic rings. The number of fused-ring (bicyclic) bond motifs is 3. The Morgan fingerprint density at radius 3 is 2.19 bits per heavy atom. The summed E-state index contributed by atoms with van der Waals surface area (Å²) in [5.74, 6) is -2.42. The van der Waals surface area contributed by atoms with Crippen LogP contribution in [0.3, 0.4) is 0 Å². The van der Waals surface area contributed by atoms with Gasteiger partial charge in [0.25, 0.3) is 0 Å². The van der Waals surface area contributed by atoms with Crippen LogP contribution >= 0.6 is 0 Å². The molecule has 1 aliphatic carbocycles. The molecule has 42 heavy (non-hydrogen) atoms. The van der Waals surface area contributed by atoms with E-state index in [1.54, 1.807) is 7.05 Å². The van der Waals surface area contributed by atoms with E-state index < -0.39 is 36.6 Å². The Hall–Kier alpha value is -4.70. The van der Waals surface area contributed by atoms with Crippen molar-refractivity contribution in [3.63, 3.8) is 0 Å². The second-order valence-corrected chi connectivity index (χ2v) is 10.8. The van der Waals surface area contributed by atoms with Crippen LogP contribution in [0.1, 0.15) is 22.6 Å². The van der Waals surface area contributed by atoms with E-state index in [-0.39, 0.29) is 31.5 Å². The molecule has 10 nitrogen and oxygen atoms in total. The summed E-state index contributed by atoms with van der Waals surface area (Å²) in [6.07, 6.45) is -0.796. The number of amides is 3. The molecule has 0 spiro atoms. The zero-order chi connectivity index (χ0) is 29.8. The van der Waals surface area contributed by atoms with E-state index in [1.165, 1.54) is 11.9 Å². The molecule has 0 radical (unpaired) electrons. The van der Waals surface area contributed by atoms with Crippen LogP contribution < -0.4 is 5.32 Å². The minimum absolute atomic E-state index is 0.0609. The molecule has 3 aromatic carbocycles. The molecule has 1 fully saturated rings. The number of carboxylic acid groups (broad SMARTS) is 1. The third-order valence-electron chi connectivity index (χ3n) is 7.85. The lowest BCUT2D eigenvalue weighted by Crippen LogP contribution is -2.64. The predicted octanol–water partition coefficient (Wildman–Crippen LogP) is 2.78. The number of carbonyl (C=O) groups is 4. The Morgan fingerprint density at radius 1 is 0.976 bits per heavy atom. The number of piperazine rings is 1. The quantitative estimate of drug-likeness (QED) is 0.406. The second-order valence-electron chi connectivity index (χ2n) is 10.8. The largest absolute Gasteiger partial charge is 0.480 e. The number of nitrogens with zero attached hydrogens (tertiary/aromatic N) is 3. The van der Waals surface area contributed by atoms with Gasteiger partial charge < -0.3 is 25.0 Å². The van der Waals surface area contributed by atoms with Gasteiger partial charge in [0.05, 0.1) is 6.54 Å². The molecule has 1 saturated heterocycles. The molecule has 2 atom stereocenters. The molecule has 3 aromatic rings. The normalized spacial score (nSPS) is 17.0. The average Bonchev–Trinajstić information content (AvgIpc) is 3.30. The smallest absolute Gasteiger partial charge is 0.407 e. The number of carbonyl (C=O) groups excluding carboxylic acids is 3. The van der Waals surface area contributed by atoms with Crippen molar-refractivity contribution in [2.24, 2.45) is 0 Å². The number of aliphatic carboxylic acids is 1. The molecule has 1 aliphatic heterocycles. The Balaban J connectivity index is 1.32. The van der Waals surface area contributed by atoms with E-state index >= 15 is 0 Å². The monoisotopic (exact) mass is 570 g/mol. The lowest BCUT2D eigenvalue weighted by molar-refractivity contribution is -0.159. The van der Waals surface area contributed by atoms with Gasteiger partial charge in [-0.2, -0.15) is 0 Å². The molecular weight excluding hydrogens is 536 g/mol. The first-order valence-electron chi connectivity index (χ1n) is 13.8. The maximum atomic E-state index is 13.8. The zero-order valence-electron chi connectivity index (χ0n) is 23.6. The molecule has 218 valence electrons. The Bertz CT molecular complexity index is 1430. The van der Waals surface area contributed by atoms with Crippen molar-refractivity contribution in [1.29, 1.82) is 0 Å². The van der Waals surface area contributed by atoms with Gasteiger partial charge in [-0.05, 0) is 34.9 Å². The summed E-state index contributed by atoms with van der Waals surface area (Å²) in [5, 5.41) is 12.5. The van der Waals surface area contributed by atoms with E-state index in [9.17, 15) is 24.3 Å². The highest BCUT2D eigenvalue weighted by molar-refractivity contribution is 5.94. The fraction of sp³-hybridized carbons (Fsp3) is 0.312. The summed E-state index contributed by atoms with van der Waals surface area (Å²) in [5.41, 5.74) is 5.31. The van der Waals surface area contributed by atoms with Crippen molar-refractivity contribution in [3.8, 4) is 11.1 Å². The van der Waals surface area contributed by atoms with Crippen LogP contribution in [0.2, 0.25) is 0 Å². The fourth-order valence-corrected chi connectivity index (χ4v) is 5.72. The third kappa shape index (κ3) is 6.13. The summed E-state index contributed by atoms with van der Waals surface area (Å²) in [6, 6.07) is 23.2. The first-order chi connectivity index (χ1) is 20.2. The van der Waals surface area contributed by atoms with Crippen molar-refractivity contribution in [2.45, 2.75) is 24.5 Å². The van der Waals surface area contributed by atoms with Crippen molar-refractivity contribution < 1.29 is 29.0 Å². The maximum absolute atomic E-state index is 13.8. The summed E-state index contributed by atoms with van der Waals surface area (Å²) in [4.78, 5) is 55.6. The van der Waals surface area contributed by atoms with Gasteiger partial charge in [0, 0.05) is 26.1 Å². The van der Waals surface area contributed by atoms with Gasteiger partial charge >= 0.3 is 12.1 Å². The summed E-state index contributed by atoms with van der Waals surface area (Å²) >= 11 is 0. The minimum Gasteiger partial charge on any atom is -0.480 e. The number of ether oxygens (including phenoxy) is 1. The first kappa shape index (κ1) is 28.8. The molecule has 2 N–H and O–H groups in total. The van der Waals surface area contributed by atoms with Gasteiger partial charge in [-0.15, -0.1) is 0 Å². The van der Waals surface area contributed by atoms with Crippen LogP contribution in [0, 0.1) is 0 Å². The maximum Gasteiger partial charge on any atom is 0.407 e. The second kappa shape index (κ2) is 12.4. The standard InChI is InChI=1S/C32H34N4O6/c1-34(16-21-10-4-3-5-11-21)17-27(30(38)36-19-29(37)35(2)18-28(36)31(39)40)33-32(41)42-20-26-24-14-8-6-12-22(24)23-13-7-9-15-25(23)26/h3-15,26-28H,16-20H2,1-2H3,(H,33,41)(H,39,40). The van der Waals surface area contributed by atoms with Crippen molar-refractivity contribution >= 4 is 23.9 Å². The van der Waals surface area contributed by atoms with E-state index in [2.05, 4.69) is 5.32 Å². The fourth-order valence-electron chi connectivity index (χ4n) is 5.72. The number of alkyl carbamates (subject to hydrolysis) is 1. The number of likely N-dealkylation sites (N-methyl/N-ethyl adjacent to an activating group) is 2.